The number of hydrogen-bond acceptors (Lipinski definition) is 5. The molecule has 0 saturated heterocycles. The van der Waals surface area contributed by atoms with Crippen molar-refractivity contribution in [2.75, 3.05) is 0 Å². The van der Waals surface area contributed by atoms with Crippen LogP contribution in [0.3, 0.4) is 0 Å². The minimum absolute atomic E-state index is 0.0995. The van der Waals surface area contributed by atoms with Crippen LogP contribution in [-0.2, 0) is 6.54 Å². The minimum atomic E-state index is -0.0995. The zero-order chi connectivity index (χ0) is 13.4. The van der Waals surface area contributed by atoms with Gasteiger partial charge in [-0.1, -0.05) is 11.3 Å². The molecule has 0 aliphatic carbocycles. The molecule has 0 fully saturated rings. The third-order valence-corrected chi connectivity index (χ3v) is 4.19. The summed E-state index contributed by atoms with van der Waals surface area (Å²) in [5.74, 6) is 0. The van der Waals surface area contributed by atoms with E-state index < -0.39 is 0 Å². The van der Waals surface area contributed by atoms with E-state index in [2.05, 4.69) is 15.3 Å². The lowest BCUT2D eigenvalue weighted by Gasteiger charge is -2.02. The third-order valence-electron chi connectivity index (χ3n) is 3.10. The predicted octanol–water partition coefficient (Wildman–Crippen LogP) is 1.91. The summed E-state index contributed by atoms with van der Waals surface area (Å²) in [6.45, 7) is 4.28. The lowest BCUT2D eigenvalue weighted by Crippen LogP contribution is -2.25. The lowest BCUT2D eigenvalue weighted by atomic mass is 10.2. The summed E-state index contributed by atoms with van der Waals surface area (Å²) in [6.07, 6.45) is 1.70. The van der Waals surface area contributed by atoms with Gasteiger partial charge < -0.3 is 0 Å². The molecule has 3 heterocycles. The fourth-order valence-corrected chi connectivity index (χ4v) is 2.91. The van der Waals surface area contributed by atoms with Crippen molar-refractivity contribution in [2.45, 2.75) is 20.4 Å². The quantitative estimate of drug-likeness (QED) is 0.715. The molecule has 0 N–H and O–H groups in total. The van der Waals surface area contributed by atoms with Crippen LogP contribution in [0.15, 0.2) is 29.2 Å². The van der Waals surface area contributed by atoms with Gasteiger partial charge in [-0.05, 0) is 31.5 Å². The second-order valence-electron chi connectivity index (χ2n) is 4.34. The van der Waals surface area contributed by atoms with Crippen molar-refractivity contribution in [3.8, 4) is 0 Å². The van der Waals surface area contributed by atoms with Gasteiger partial charge in [-0.15, -0.1) is 16.4 Å². The summed E-state index contributed by atoms with van der Waals surface area (Å²) in [6, 6.07) is 5.59. The summed E-state index contributed by atoms with van der Waals surface area (Å²) < 4.78 is 1.36. The summed E-state index contributed by atoms with van der Waals surface area (Å²) in [5, 5.41) is 8.78. The number of rotatable bonds is 2. The SMILES string of the molecule is Cc1sc2nnn(Cc3ccccn3)c(=O)c2c1C. The van der Waals surface area contributed by atoms with E-state index in [9.17, 15) is 4.79 Å². The van der Waals surface area contributed by atoms with Crippen LogP contribution in [0.1, 0.15) is 16.1 Å². The van der Waals surface area contributed by atoms with Crippen molar-refractivity contribution in [2.24, 2.45) is 0 Å². The third kappa shape index (κ3) is 2.04. The summed E-state index contributed by atoms with van der Waals surface area (Å²) >= 11 is 1.51. The Bertz CT molecular complexity index is 792. The molecule has 0 saturated carbocycles. The molecule has 0 bridgehead atoms. The molecule has 0 aliphatic heterocycles. The fourth-order valence-electron chi connectivity index (χ4n) is 1.94. The normalized spacial score (nSPS) is 11.1. The van der Waals surface area contributed by atoms with Crippen LogP contribution in [0.4, 0.5) is 0 Å². The topological polar surface area (TPSA) is 60.7 Å². The number of hydrogen-bond donors (Lipinski definition) is 0. The van der Waals surface area contributed by atoms with Crippen molar-refractivity contribution in [1.82, 2.24) is 20.0 Å². The summed E-state index contributed by atoms with van der Waals surface area (Å²) in [7, 11) is 0. The van der Waals surface area contributed by atoms with E-state index in [1.165, 1.54) is 16.0 Å². The van der Waals surface area contributed by atoms with Crippen molar-refractivity contribution < 1.29 is 0 Å². The molecule has 0 radical (unpaired) electrons. The van der Waals surface area contributed by atoms with Gasteiger partial charge in [-0.25, -0.2) is 4.68 Å². The first-order chi connectivity index (χ1) is 9.16. The average molecular weight is 272 g/mol. The predicted molar refractivity (Wildman–Crippen MR) is 74.5 cm³/mol. The number of aromatic nitrogens is 4. The van der Waals surface area contributed by atoms with Crippen LogP contribution >= 0.6 is 11.3 Å². The molecule has 0 atom stereocenters. The Kier molecular flexibility index (Phi) is 2.87. The van der Waals surface area contributed by atoms with Crippen LogP contribution in [-0.4, -0.2) is 20.0 Å². The second-order valence-corrected chi connectivity index (χ2v) is 5.54. The molecule has 3 aromatic rings. The molecule has 3 aromatic heterocycles. The van der Waals surface area contributed by atoms with E-state index in [1.807, 2.05) is 32.0 Å². The Morgan fingerprint density at radius 1 is 1.32 bits per heavy atom. The van der Waals surface area contributed by atoms with Gasteiger partial charge in [0.15, 0.2) is 4.83 Å². The minimum Gasteiger partial charge on any atom is -0.267 e. The Morgan fingerprint density at radius 3 is 2.89 bits per heavy atom. The van der Waals surface area contributed by atoms with E-state index in [4.69, 9.17) is 0 Å². The first kappa shape index (κ1) is 12.0. The number of nitrogens with zero attached hydrogens (tertiary/aromatic N) is 4. The van der Waals surface area contributed by atoms with E-state index in [0.29, 0.717) is 16.8 Å². The molecule has 0 aliphatic rings. The molecule has 0 amide bonds. The smallest absolute Gasteiger partial charge is 0.267 e. The molecule has 0 unspecified atom stereocenters. The molecule has 0 spiro atoms. The van der Waals surface area contributed by atoms with Crippen LogP contribution in [0.2, 0.25) is 0 Å². The second kappa shape index (κ2) is 4.55. The summed E-state index contributed by atoms with van der Waals surface area (Å²) in [4.78, 5) is 18.4. The summed E-state index contributed by atoms with van der Waals surface area (Å²) in [5.41, 5.74) is 1.69. The van der Waals surface area contributed by atoms with E-state index in [0.717, 1.165) is 16.1 Å². The van der Waals surface area contributed by atoms with Gasteiger partial charge in [0.05, 0.1) is 17.6 Å². The van der Waals surface area contributed by atoms with Crippen molar-refractivity contribution in [3.05, 3.63) is 50.9 Å². The first-order valence-electron chi connectivity index (χ1n) is 5.90. The molecular weight excluding hydrogens is 260 g/mol. The largest absolute Gasteiger partial charge is 0.279 e. The van der Waals surface area contributed by atoms with Crippen molar-refractivity contribution in [1.29, 1.82) is 0 Å². The molecular formula is C13H12N4OS. The zero-order valence-corrected chi connectivity index (χ0v) is 11.4. The number of aryl methyl sites for hydroxylation is 2. The number of fused-ring (bicyclic) bond motifs is 1. The Hall–Kier alpha value is -2.08. The molecule has 6 heteroatoms. The van der Waals surface area contributed by atoms with E-state index in [1.54, 1.807) is 6.20 Å². The highest BCUT2D eigenvalue weighted by atomic mass is 32.1. The molecule has 3 rings (SSSR count). The Labute approximate surface area is 113 Å². The highest BCUT2D eigenvalue weighted by molar-refractivity contribution is 7.18. The van der Waals surface area contributed by atoms with Gasteiger partial charge in [0.25, 0.3) is 5.56 Å². The van der Waals surface area contributed by atoms with Gasteiger partial charge in [0, 0.05) is 11.1 Å². The van der Waals surface area contributed by atoms with Crippen LogP contribution in [0.25, 0.3) is 10.2 Å². The standard InChI is InChI=1S/C13H12N4OS/c1-8-9(2)19-12-11(8)13(18)17(16-15-12)7-10-5-3-4-6-14-10/h3-6H,7H2,1-2H3. The number of thiophene rings is 1. The van der Waals surface area contributed by atoms with E-state index >= 15 is 0 Å². The molecule has 0 aromatic carbocycles. The highest BCUT2D eigenvalue weighted by Gasteiger charge is 2.13. The molecule has 5 nitrogen and oxygen atoms in total. The maximum atomic E-state index is 12.4. The average Bonchev–Trinajstić information content (AvgIpc) is 2.71. The van der Waals surface area contributed by atoms with E-state index in [-0.39, 0.29) is 5.56 Å². The molecule has 19 heavy (non-hydrogen) atoms. The number of pyridine rings is 1. The van der Waals surface area contributed by atoms with Gasteiger partial charge in [0.2, 0.25) is 0 Å². The van der Waals surface area contributed by atoms with Crippen molar-refractivity contribution in [3.63, 3.8) is 0 Å². The maximum Gasteiger partial charge on any atom is 0.279 e. The van der Waals surface area contributed by atoms with Gasteiger partial charge in [-0.3, -0.25) is 9.78 Å². The Balaban J connectivity index is 2.13. The van der Waals surface area contributed by atoms with Crippen LogP contribution < -0.4 is 5.56 Å². The van der Waals surface area contributed by atoms with Crippen molar-refractivity contribution >= 4 is 21.6 Å². The van der Waals surface area contributed by atoms with Gasteiger partial charge >= 0.3 is 0 Å². The maximum absolute atomic E-state index is 12.4. The highest BCUT2D eigenvalue weighted by Crippen LogP contribution is 2.24. The van der Waals surface area contributed by atoms with Gasteiger partial charge in [0.1, 0.15) is 0 Å². The Morgan fingerprint density at radius 2 is 2.16 bits per heavy atom. The monoisotopic (exact) mass is 272 g/mol. The van der Waals surface area contributed by atoms with Gasteiger partial charge in [-0.2, -0.15) is 0 Å². The van der Waals surface area contributed by atoms with Crippen LogP contribution in [0, 0.1) is 13.8 Å². The van der Waals surface area contributed by atoms with Crippen LogP contribution in [0.5, 0.6) is 0 Å². The zero-order valence-electron chi connectivity index (χ0n) is 10.6. The molecule has 96 valence electrons. The fraction of sp³-hybridized carbons (Fsp3) is 0.231. The lowest BCUT2D eigenvalue weighted by molar-refractivity contribution is 0.593. The first-order valence-corrected chi connectivity index (χ1v) is 6.72.